The van der Waals surface area contributed by atoms with Crippen LogP contribution in [0.25, 0.3) is 0 Å². The molecular formula is C19H25ClN2O3. The Balaban J connectivity index is 0.00000312. The Morgan fingerprint density at radius 1 is 1.08 bits per heavy atom. The average Bonchev–Trinajstić information content (AvgIpc) is 2.62. The van der Waals surface area contributed by atoms with Crippen molar-refractivity contribution < 1.29 is 14.3 Å². The fraction of sp³-hybridized carbons (Fsp3) is 0.316. The van der Waals surface area contributed by atoms with Gasteiger partial charge in [0.2, 0.25) is 5.91 Å². The van der Waals surface area contributed by atoms with Gasteiger partial charge in [0.1, 0.15) is 11.5 Å². The Bertz CT molecular complexity index is 620. The second-order valence-electron chi connectivity index (χ2n) is 5.45. The van der Waals surface area contributed by atoms with Gasteiger partial charge in [-0.05, 0) is 36.2 Å². The number of methoxy groups -OCH3 is 1. The molecule has 2 rings (SSSR count). The van der Waals surface area contributed by atoms with E-state index in [9.17, 15) is 4.79 Å². The molecule has 0 saturated carbocycles. The van der Waals surface area contributed by atoms with Gasteiger partial charge in [-0.15, -0.1) is 12.4 Å². The van der Waals surface area contributed by atoms with E-state index in [1.54, 1.807) is 7.11 Å². The molecule has 0 fully saturated rings. The van der Waals surface area contributed by atoms with Crippen molar-refractivity contribution in [1.29, 1.82) is 0 Å². The predicted molar refractivity (Wildman–Crippen MR) is 101 cm³/mol. The van der Waals surface area contributed by atoms with Crippen LogP contribution in [-0.2, 0) is 4.79 Å². The Hall–Kier alpha value is -2.24. The number of amides is 1. The summed E-state index contributed by atoms with van der Waals surface area (Å²) < 4.78 is 10.7. The normalized spacial score (nSPS) is 11.1. The number of halogens is 1. The Morgan fingerprint density at radius 2 is 1.72 bits per heavy atom. The van der Waals surface area contributed by atoms with Crippen molar-refractivity contribution in [3.63, 3.8) is 0 Å². The van der Waals surface area contributed by atoms with Gasteiger partial charge in [-0.1, -0.05) is 30.3 Å². The highest BCUT2D eigenvalue weighted by Gasteiger charge is 2.10. The summed E-state index contributed by atoms with van der Waals surface area (Å²) in [4.78, 5) is 11.9. The molecule has 0 aliphatic rings. The zero-order valence-electron chi connectivity index (χ0n) is 14.3. The fourth-order valence-corrected chi connectivity index (χ4v) is 2.25. The van der Waals surface area contributed by atoms with Crippen LogP contribution in [0.5, 0.6) is 11.5 Å². The third-order valence-corrected chi connectivity index (χ3v) is 3.60. The topological polar surface area (TPSA) is 73.6 Å². The van der Waals surface area contributed by atoms with E-state index in [0.29, 0.717) is 13.2 Å². The van der Waals surface area contributed by atoms with Gasteiger partial charge >= 0.3 is 0 Å². The zero-order valence-corrected chi connectivity index (χ0v) is 15.1. The number of hydrogen-bond donors (Lipinski definition) is 2. The molecule has 0 aliphatic carbocycles. The Morgan fingerprint density at radius 3 is 2.36 bits per heavy atom. The van der Waals surface area contributed by atoms with Gasteiger partial charge in [0.15, 0.2) is 0 Å². The van der Waals surface area contributed by atoms with Crippen LogP contribution in [-0.4, -0.2) is 26.2 Å². The zero-order chi connectivity index (χ0) is 17.2. The van der Waals surface area contributed by atoms with Crippen molar-refractivity contribution >= 4 is 18.3 Å². The van der Waals surface area contributed by atoms with Crippen molar-refractivity contribution in [2.45, 2.75) is 18.9 Å². The SMILES string of the molecule is COc1ccc(OCCCNC(=O)CC(N)c2ccccc2)cc1.Cl. The molecule has 2 aromatic carbocycles. The average molecular weight is 365 g/mol. The molecule has 0 aromatic heterocycles. The number of rotatable bonds is 9. The molecule has 0 spiro atoms. The van der Waals surface area contributed by atoms with E-state index >= 15 is 0 Å². The Labute approximate surface area is 154 Å². The van der Waals surface area contributed by atoms with E-state index in [-0.39, 0.29) is 30.8 Å². The lowest BCUT2D eigenvalue weighted by Crippen LogP contribution is -2.29. The number of benzene rings is 2. The first-order chi connectivity index (χ1) is 11.7. The van der Waals surface area contributed by atoms with Crippen LogP contribution in [0, 0.1) is 0 Å². The summed E-state index contributed by atoms with van der Waals surface area (Å²) in [5, 5.41) is 2.87. The number of hydrogen-bond acceptors (Lipinski definition) is 4. The number of carbonyl (C=O) groups excluding carboxylic acids is 1. The molecule has 25 heavy (non-hydrogen) atoms. The molecular weight excluding hydrogens is 340 g/mol. The molecule has 0 saturated heterocycles. The molecule has 1 atom stereocenters. The van der Waals surface area contributed by atoms with Crippen molar-refractivity contribution in [1.82, 2.24) is 5.32 Å². The van der Waals surface area contributed by atoms with E-state index < -0.39 is 0 Å². The largest absolute Gasteiger partial charge is 0.497 e. The van der Waals surface area contributed by atoms with Crippen LogP contribution < -0.4 is 20.5 Å². The molecule has 1 amide bonds. The summed E-state index contributed by atoms with van der Waals surface area (Å²) >= 11 is 0. The standard InChI is InChI=1S/C19H24N2O3.ClH/c1-23-16-8-10-17(11-9-16)24-13-5-12-21-19(22)14-18(20)15-6-3-2-4-7-15;/h2-4,6-11,18H,5,12-14,20H2,1H3,(H,21,22);1H. The molecule has 5 nitrogen and oxygen atoms in total. The fourth-order valence-electron chi connectivity index (χ4n) is 2.25. The number of nitrogens with two attached hydrogens (primary N) is 1. The van der Waals surface area contributed by atoms with Gasteiger partial charge in [-0.3, -0.25) is 4.79 Å². The van der Waals surface area contributed by atoms with E-state index in [4.69, 9.17) is 15.2 Å². The van der Waals surface area contributed by atoms with Crippen LogP contribution in [0.2, 0.25) is 0 Å². The van der Waals surface area contributed by atoms with Crippen LogP contribution in [0.3, 0.4) is 0 Å². The smallest absolute Gasteiger partial charge is 0.221 e. The van der Waals surface area contributed by atoms with Crippen molar-refractivity contribution in [2.24, 2.45) is 5.73 Å². The van der Waals surface area contributed by atoms with Gasteiger partial charge in [0.05, 0.1) is 13.7 Å². The van der Waals surface area contributed by atoms with Crippen LogP contribution in [0.4, 0.5) is 0 Å². The first kappa shape index (κ1) is 20.8. The Kier molecular flexibility index (Phi) is 9.43. The summed E-state index contributed by atoms with van der Waals surface area (Å²) in [6.45, 7) is 1.11. The van der Waals surface area contributed by atoms with Crippen molar-refractivity contribution in [3.8, 4) is 11.5 Å². The third-order valence-electron chi connectivity index (χ3n) is 3.60. The summed E-state index contributed by atoms with van der Waals surface area (Å²) in [5.74, 6) is 1.54. The first-order valence-electron chi connectivity index (χ1n) is 8.03. The number of ether oxygens (including phenoxy) is 2. The number of carbonyl (C=O) groups is 1. The van der Waals surface area contributed by atoms with E-state index in [1.165, 1.54) is 0 Å². The van der Waals surface area contributed by atoms with Gasteiger partial charge in [0, 0.05) is 19.0 Å². The summed E-state index contributed by atoms with van der Waals surface area (Å²) in [7, 11) is 1.63. The molecule has 0 radical (unpaired) electrons. The van der Waals surface area contributed by atoms with Gasteiger partial charge in [-0.2, -0.15) is 0 Å². The summed E-state index contributed by atoms with van der Waals surface area (Å²) in [6.07, 6.45) is 1.02. The monoisotopic (exact) mass is 364 g/mol. The van der Waals surface area contributed by atoms with Gasteiger partial charge < -0.3 is 20.5 Å². The second-order valence-corrected chi connectivity index (χ2v) is 5.45. The van der Waals surface area contributed by atoms with E-state index in [2.05, 4.69) is 5.32 Å². The van der Waals surface area contributed by atoms with Crippen LogP contribution >= 0.6 is 12.4 Å². The molecule has 0 aliphatic heterocycles. The molecule has 3 N–H and O–H groups in total. The van der Waals surface area contributed by atoms with Crippen molar-refractivity contribution in [2.75, 3.05) is 20.3 Å². The third kappa shape index (κ3) is 7.45. The lowest BCUT2D eigenvalue weighted by atomic mass is 10.0. The molecule has 2 aromatic rings. The van der Waals surface area contributed by atoms with Crippen LogP contribution in [0.15, 0.2) is 54.6 Å². The maximum absolute atomic E-state index is 11.9. The van der Waals surface area contributed by atoms with E-state index in [1.807, 2.05) is 54.6 Å². The molecule has 136 valence electrons. The molecule has 6 heteroatoms. The lowest BCUT2D eigenvalue weighted by molar-refractivity contribution is -0.121. The number of nitrogens with one attached hydrogen (secondary N) is 1. The summed E-state index contributed by atoms with van der Waals surface area (Å²) in [6, 6.07) is 16.8. The first-order valence-corrected chi connectivity index (χ1v) is 8.03. The minimum atomic E-state index is -0.276. The highest BCUT2D eigenvalue weighted by molar-refractivity contribution is 5.85. The van der Waals surface area contributed by atoms with Gasteiger partial charge in [0.25, 0.3) is 0 Å². The van der Waals surface area contributed by atoms with Crippen LogP contribution in [0.1, 0.15) is 24.4 Å². The minimum absolute atomic E-state index is 0. The predicted octanol–water partition coefficient (Wildman–Crippen LogP) is 3.09. The molecule has 1 unspecified atom stereocenters. The highest BCUT2D eigenvalue weighted by atomic mass is 35.5. The maximum atomic E-state index is 11.9. The molecule has 0 bridgehead atoms. The van der Waals surface area contributed by atoms with Crippen molar-refractivity contribution in [3.05, 3.63) is 60.2 Å². The minimum Gasteiger partial charge on any atom is -0.497 e. The maximum Gasteiger partial charge on any atom is 0.221 e. The molecule has 0 heterocycles. The summed E-state index contributed by atoms with van der Waals surface area (Å²) in [5.41, 5.74) is 7.00. The van der Waals surface area contributed by atoms with E-state index in [0.717, 1.165) is 23.5 Å². The van der Waals surface area contributed by atoms with Gasteiger partial charge in [-0.25, -0.2) is 0 Å². The quantitative estimate of drug-likeness (QED) is 0.670. The lowest BCUT2D eigenvalue weighted by Gasteiger charge is -2.12. The second kappa shape index (κ2) is 11.3. The highest BCUT2D eigenvalue weighted by Crippen LogP contribution is 2.17.